The molecule has 2 aliphatic heterocycles. The van der Waals surface area contributed by atoms with Gasteiger partial charge < -0.3 is 4.90 Å². The van der Waals surface area contributed by atoms with E-state index in [1.165, 1.54) is 25.7 Å². The highest BCUT2D eigenvalue weighted by atomic mass is 16.2. The molecule has 0 atom stereocenters. The Balaban J connectivity index is 1.33. The molecule has 0 bridgehead atoms. The molecule has 1 aromatic heterocycles. The monoisotopic (exact) mass is 314 g/mol. The van der Waals surface area contributed by atoms with Crippen molar-refractivity contribution < 1.29 is 4.79 Å². The van der Waals surface area contributed by atoms with Gasteiger partial charge in [-0.2, -0.15) is 0 Å². The summed E-state index contributed by atoms with van der Waals surface area (Å²) in [6.07, 6.45) is 10.5. The highest BCUT2D eigenvalue weighted by molar-refractivity contribution is 5.77. The zero-order chi connectivity index (χ0) is 15.7. The van der Waals surface area contributed by atoms with Crippen molar-refractivity contribution in [3.8, 4) is 0 Å². The van der Waals surface area contributed by atoms with Gasteiger partial charge in [0, 0.05) is 31.9 Å². The van der Waals surface area contributed by atoms with Gasteiger partial charge in [-0.25, -0.2) is 9.97 Å². The van der Waals surface area contributed by atoms with E-state index in [4.69, 9.17) is 0 Å². The van der Waals surface area contributed by atoms with Gasteiger partial charge in [-0.05, 0) is 62.6 Å². The second-order valence-electron chi connectivity index (χ2n) is 7.66. The summed E-state index contributed by atoms with van der Waals surface area (Å²) in [6.45, 7) is 5.06. The number of likely N-dealkylation sites (tertiary alicyclic amines) is 2. The normalized spacial score (nSPS) is 25.0. The molecule has 1 spiro atoms. The van der Waals surface area contributed by atoms with Gasteiger partial charge in [0.25, 0.3) is 0 Å². The summed E-state index contributed by atoms with van der Waals surface area (Å²) in [5.41, 5.74) is 0.372. The third-order valence-electron chi connectivity index (χ3n) is 5.82. The summed E-state index contributed by atoms with van der Waals surface area (Å²) in [5.74, 6) is 2.10. The Morgan fingerprint density at radius 1 is 1.13 bits per heavy atom. The van der Waals surface area contributed by atoms with Crippen LogP contribution in [0.5, 0.6) is 0 Å². The summed E-state index contributed by atoms with van der Waals surface area (Å²) in [4.78, 5) is 25.5. The Kier molecular flexibility index (Phi) is 4.05. The molecule has 23 heavy (non-hydrogen) atoms. The predicted octanol–water partition coefficient (Wildman–Crippen LogP) is 2.09. The van der Waals surface area contributed by atoms with E-state index in [0.29, 0.717) is 11.3 Å². The number of amides is 1. The van der Waals surface area contributed by atoms with Gasteiger partial charge in [-0.15, -0.1) is 0 Å². The number of nitrogens with zero attached hydrogens (tertiary/aromatic N) is 4. The van der Waals surface area contributed by atoms with Crippen molar-refractivity contribution in [1.29, 1.82) is 0 Å². The Hall–Kier alpha value is -1.49. The summed E-state index contributed by atoms with van der Waals surface area (Å²) in [6, 6.07) is 1.86. The van der Waals surface area contributed by atoms with Crippen LogP contribution in [-0.4, -0.2) is 51.9 Å². The molecule has 1 aromatic rings. The third kappa shape index (κ3) is 3.55. The van der Waals surface area contributed by atoms with Crippen molar-refractivity contribution >= 4 is 5.91 Å². The van der Waals surface area contributed by atoms with E-state index in [9.17, 15) is 4.79 Å². The molecule has 0 unspecified atom stereocenters. The van der Waals surface area contributed by atoms with Gasteiger partial charge in [0.2, 0.25) is 5.91 Å². The molecule has 0 N–H and O–H groups in total. The predicted molar refractivity (Wildman–Crippen MR) is 87.5 cm³/mol. The minimum absolute atomic E-state index is 0.372. The van der Waals surface area contributed by atoms with Gasteiger partial charge in [0.1, 0.15) is 5.82 Å². The number of piperidine rings is 2. The van der Waals surface area contributed by atoms with E-state index >= 15 is 0 Å². The van der Waals surface area contributed by atoms with Crippen LogP contribution in [0.4, 0.5) is 0 Å². The Labute approximate surface area is 138 Å². The smallest absolute Gasteiger partial charge is 0.222 e. The van der Waals surface area contributed by atoms with Crippen LogP contribution in [-0.2, 0) is 11.3 Å². The van der Waals surface area contributed by atoms with Crippen LogP contribution in [0.15, 0.2) is 18.5 Å². The SMILES string of the molecule is O=C1CCC2(CCN(Cc3ncccn3)CC2)CN1CC1CC1. The van der Waals surface area contributed by atoms with Gasteiger partial charge >= 0.3 is 0 Å². The lowest BCUT2D eigenvalue weighted by Crippen LogP contribution is -2.51. The van der Waals surface area contributed by atoms with Crippen LogP contribution < -0.4 is 0 Å². The highest BCUT2D eigenvalue weighted by Gasteiger charge is 2.42. The summed E-state index contributed by atoms with van der Waals surface area (Å²) >= 11 is 0. The zero-order valence-corrected chi connectivity index (χ0v) is 13.8. The van der Waals surface area contributed by atoms with Crippen LogP contribution in [0.2, 0.25) is 0 Å². The quantitative estimate of drug-likeness (QED) is 0.854. The van der Waals surface area contributed by atoms with Gasteiger partial charge in [-0.1, -0.05) is 0 Å². The first-order chi connectivity index (χ1) is 11.2. The molecule has 3 fully saturated rings. The van der Waals surface area contributed by atoms with Crippen LogP contribution in [0.25, 0.3) is 0 Å². The van der Waals surface area contributed by atoms with Crippen molar-refractivity contribution in [3.05, 3.63) is 24.3 Å². The first-order valence-electron chi connectivity index (χ1n) is 8.99. The van der Waals surface area contributed by atoms with Crippen molar-refractivity contribution in [2.45, 2.75) is 45.1 Å². The minimum atomic E-state index is 0.372. The molecule has 0 aromatic carbocycles. The second kappa shape index (κ2) is 6.19. The summed E-state index contributed by atoms with van der Waals surface area (Å²) in [7, 11) is 0. The molecule has 5 heteroatoms. The topological polar surface area (TPSA) is 49.3 Å². The molecule has 5 nitrogen and oxygen atoms in total. The second-order valence-corrected chi connectivity index (χ2v) is 7.66. The average Bonchev–Trinajstić information content (AvgIpc) is 3.39. The standard InChI is InChI=1S/C18H26N4O/c23-17-4-5-18(14-22(17)12-15-2-3-15)6-10-21(11-7-18)13-16-19-8-1-9-20-16/h1,8-9,15H,2-7,10-14H2. The summed E-state index contributed by atoms with van der Waals surface area (Å²) in [5, 5.41) is 0. The maximum absolute atomic E-state index is 12.2. The van der Waals surface area contributed by atoms with E-state index in [0.717, 1.165) is 57.3 Å². The van der Waals surface area contributed by atoms with Gasteiger partial charge in [0.15, 0.2) is 0 Å². The number of rotatable bonds is 4. The number of carbonyl (C=O) groups excluding carboxylic acids is 1. The van der Waals surface area contributed by atoms with E-state index in [1.54, 1.807) is 0 Å². The fraction of sp³-hybridized carbons (Fsp3) is 0.722. The van der Waals surface area contributed by atoms with E-state index in [2.05, 4.69) is 19.8 Å². The lowest BCUT2D eigenvalue weighted by atomic mass is 9.72. The Morgan fingerprint density at radius 3 is 2.57 bits per heavy atom. The number of aromatic nitrogens is 2. The van der Waals surface area contributed by atoms with Crippen LogP contribution in [0, 0.1) is 11.3 Å². The molecule has 0 radical (unpaired) electrons. The third-order valence-corrected chi connectivity index (χ3v) is 5.82. The highest BCUT2D eigenvalue weighted by Crippen LogP contribution is 2.41. The largest absolute Gasteiger partial charge is 0.342 e. The van der Waals surface area contributed by atoms with Crippen molar-refractivity contribution in [2.24, 2.45) is 11.3 Å². The molecular weight excluding hydrogens is 288 g/mol. The number of carbonyl (C=O) groups is 1. The van der Waals surface area contributed by atoms with E-state index in [-0.39, 0.29) is 0 Å². The van der Waals surface area contributed by atoms with Crippen molar-refractivity contribution in [2.75, 3.05) is 26.2 Å². The fourth-order valence-electron chi connectivity index (χ4n) is 4.09. The molecule has 4 rings (SSSR count). The molecule has 1 amide bonds. The lowest BCUT2D eigenvalue weighted by molar-refractivity contribution is -0.139. The van der Waals surface area contributed by atoms with Crippen molar-refractivity contribution in [1.82, 2.24) is 19.8 Å². The number of hydrogen-bond donors (Lipinski definition) is 0. The molecule has 124 valence electrons. The minimum Gasteiger partial charge on any atom is -0.342 e. The van der Waals surface area contributed by atoms with E-state index < -0.39 is 0 Å². The van der Waals surface area contributed by atoms with Crippen LogP contribution in [0.3, 0.4) is 0 Å². The van der Waals surface area contributed by atoms with Gasteiger partial charge in [-0.3, -0.25) is 9.69 Å². The first-order valence-corrected chi connectivity index (χ1v) is 8.99. The first kappa shape index (κ1) is 15.1. The van der Waals surface area contributed by atoms with E-state index in [1.807, 2.05) is 18.5 Å². The molecule has 1 aliphatic carbocycles. The summed E-state index contributed by atoms with van der Waals surface area (Å²) < 4.78 is 0. The molecule has 3 aliphatic rings. The lowest BCUT2D eigenvalue weighted by Gasteiger charge is -2.47. The molecule has 2 saturated heterocycles. The van der Waals surface area contributed by atoms with Crippen LogP contribution >= 0.6 is 0 Å². The fourth-order valence-corrected chi connectivity index (χ4v) is 4.09. The van der Waals surface area contributed by atoms with Crippen LogP contribution in [0.1, 0.15) is 44.3 Å². The van der Waals surface area contributed by atoms with Crippen molar-refractivity contribution in [3.63, 3.8) is 0 Å². The maximum atomic E-state index is 12.2. The Bertz CT molecular complexity index is 549. The maximum Gasteiger partial charge on any atom is 0.222 e. The molecular formula is C18H26N4O. The molecule has 3 heterocycles. The van der Waals surface area contributed by atoms with Gasteiger partial charge in [0.05, 0.1) is 6.54 Å². The number of hydrogen-bond acceptors (Lipinski definition) is 4. The molecule has 1 saturated carbocycles. The zero-order valence-electron chi connectivity index (χ0n) is 13.8. The Morgan fingerprint density at radius 2 is 1.87 bits per heavy atom. The average molecular weight is 314 g/mol.